The van der Waals surface area contributed by atoms with E-state index in [2.05, 4.69) is 53.3 Å². The van der Waals surface area contributed by atoms with Crippen LogP contribution in [0.15, 0.2) is 53.1 Å². The standard InChI is InChI=1S/C26H32N4O3/c1-26(2,3)20-12-10-18(11-13-20)24-28-23(33-29-24)17-30-14-6-7-19(16-30)25(31)27-21-8-5-9-22(15-21)32-4/h5,8-13,15,19H,6-7,14,16-17H2,1-4H3,(H,27,31). The number of carbonyl (C=O) groups excluding carboxylic acids is 1. The van der Waals surface area contributed by atoms with E-state index in [1.165, 1.54) is 5.56 Å². The summed E-state index contributed by atoms with van der Waals surface area (Å²) in [4.78, 5) is 19.6. The molecule has 1 atom stereocenters. The van der Waals surface area contributed by atoms with Crippen LogP contribution in [-0.2, 0) is 16.8 Å². The van der Waals surface area contributed by atoms with Crippen LogP contribution in [0, 0.1) is 5.92 Å². The molecule has 1 amide bonds. The highest BCUT2D eigenvalue weighted by atomic mass is 16.5. The average Bonchev–Trinajstić information content (AvgIpc) is 3.27. The Morgan fingerprint density at radius 3 is 2.73 bits per heavy atom. The normalized spacial score (nSPS) is 17.0. The van der Waals surface area contributed by atoms with E-state index in [0.29, 0.717) is 24.8 Å². The third-order valence-corrected chi connectivity index (χ3v) is 6.05. The molecule has 1 unspecified atom stereocenters. The zero-order valence-corrected chi connectivity index (χ0v) is 19.8. The Kier molecular flexibility index (Phi) is 6.79. The first-order chi connectivity index (χ1) is 15.8. The van der Waals surface area contributed by atoms with Gasteiger partial charge in [-0.2, -0.15) is 4.98 Å². The summed E-state index contributed by atoms with van der Waals surface area (Å²) >= 11 is 0. The van der Waals surface area contributed by atoms with Crippen molar-refractivity contribution in [1.29, 1.82) is 0 Å². The van der Waals surface area contributed by atoms with Crippen LogP contribution in [0.3, 0.4) is 0 Å². The number of ether oxygens (including phenoxy) is 1. The van der Waals surface area contributed by atoms with Crippen molar-refractivity contribution in [1.82, 2.24) is 15.0 Å². The van der Waals surface area contributed by atoms with Gasteiger partial charge in [-0.25, -0.2) is 0 Å². The number of nitrogens with one attached hydrogen (secondary N) is 1. The van der Waals surface area contributed by atoms with Crippen LogP contribution in [-0.4, -0.2) is 41.1 Å². The first-order valence-corrected chi connectivity index (χ1v) is 11.4. The Hall–Kier alpha value is -3.19. The molecule has 0 aliphatic carbocycles. The summed E-state index contributed by atoms with van der Waals surface area (Å²) in [6, 6.07) is 15.7. The predicted octanol–water partition coefficient (Wildman–Crippen LogP) is 4.89. The van der Waals surface area contributed by atoms with Crippen molar-refractivity contribution in [3.63, 3.8) is 0 Å². The van der Waals surface area contributed by atoms with Crippen LogP contribution < -0.4 is 10.1 Å². The fourth-order valence-corrected chi connectivity index (χ4v) is 4.11. The van der Waals surface area contributed by atoms with E-state index in [1.54, 1.807) is 7.11 Å². The Bertz CT molecular complexity index is 1090. The zero-order chi connectivity index (χ0) is 23.4. The maximum atomic E-state index is 12.8. The van der Waals surface area contributed by atoms with Crippen molar-refractivity contribution < 1.29 is 14.1 Å². The van der Waals surface area contributed by atoms with Gasteiger partial charge in [0.15, 0.2) is 0 Å². The molecule has 1 aromatic heterocycles. The van der Waals surface area contributed by atoms with E-state index in [0.717, 1.165) is 36.4 Å². The van der Waals surface area contributed by atoms with Crippen LogP contribution >= 0.6 is 0 Å². The van der Waals surface area contributed by atoms with E-state index in [9.17, 15) is 4.79 Å². The molecule has 0 bridgehead atoms. The van der Waals surface area contributed by atoms with Crippen LogP contribution in [0.1, 0.15) is 45.1 Å². The van der Waals surface area contributed by atoms with E-state index >= 15 is 0 Å². The van der Waals surface area contributed by atoms with Gasteiger partial charge in [-0.15, -0.1) is 0 Å². The second-order valence-electron chi connectivity index (χ2n) is 9.63. The number of aromatic nitrogens is 2. The van der Waals surface area contributed by atoms with Gasteiger partial charge in [-0.1, -0.05) is 56.3 Å². The summed E-state index contributed by atoms with van der Waals surface area (Å²) in [5.74, 6) is 1.82. The second-order valence-corrected chi connectivity index (χ2v) is 9.63. The minimum atomic E-state index is -0.0858. The SMILES string of the molecule is COc1cccc(NC(=O)C2CCCN(Cc3nc(-c4ccc(C(C)(C)C)cc4)no3)C2)c1. The lowest BCUT2D eigenvalue weighted by molar-refractivity contribution is -0.121. The minimum Gasteiger partial charge on any atom is -0.497 e. The Labute approximate surface area is 195 Å². The molecule has 2 heterocycles. The van der Waals surface area contributed by atoms with Crippen LogP contribution in [0.5, 0.6) is 5.75 Å². The summed E-state index contributed by atoms with van der Waals surface area (Å²) in [6.45, 7) is 8.68. The molecule has 0 spiro atoms. The number of anilines is 1. The van der Waals surface area contributed by atoms with E-state index in [-0.39, 0.29) is 17.2 Å². The molecule has 174 valence electrons. The number of methoxy groups -OCH3 is 1. The molecule has 1 aliphatic rings. The van der Waals surface area contributed by atoms with Crippen molar-refractivity contribution in [2.75, 3.05) is 25.5 Å². The monoisotopic (exact) mass is 448 g/mol. The van der Waals surface area contributed by atoms with E-state index in [4.69, 9.17) is 9.26 Å². The molecular formula is C26H32N4O3. The third kappa shape index (κ3) is 5.79. The molecule has 1 N–H and O–H groups in total. The summed E-state index contributed by atoms with van der Waals surface area (Å²) in [6.07, 6.45) is 1.81. The predicted molar refractivity (Wildman–Crippen MR) is 128 cm³/mol. The molecular weight excluding hydrogens is 416 g/mol. The molecule has 3 aromatic rings. The first kappa shape index (κ1) is 23.0. The van der Waals surface area contributed by atoms with Crippen LogP contribution in [0.2, 0.25) is 0 Å². The summed E-state index contributed by atoms with van der Waals surface area (Å²) in [7, 11) is 1.61. The fourth-order valence-electron chi connectivity index (χ4n) is 4.11. The van der Waals surface area contributed by atoms with Gasteiger partial charge in [-0.05, 0) is 42.5 Å². The zero-order valence-electron chi connectivity index (χ0n) is 19.8. The maximum absolute atomic E-state index is 12.8. The lowest BCUT2D eigenvalue weighted by Crippen LogP contribution is -2.40. The quantitative estimate of drug-likeness (QED) is 0.578. The fraction of sp³-hybridized carbons (Fsp3) is 0.423. The van der Waals surface area contributed by atoms with Gasteiger partial charge in [0.25, 0.3) is 0 Å². The highest BCUT2D eigenvalue weighted by molar-refractivity contribution is 5.92. The highest BCUT2D eigenvalue weighted by Gasteiger charge is 2.27. The van der Waals surface area contributed by atoms with Crippen LogP contribution in [0.25, 0.3) is 11.4 Å². The molecule has 1 aliphatic heterocycles. The molecule has 1 fully saturated rings. The van der Waals surface area contributed by atoms with E-state index < -0.39 is 0 Å². The molecule has 0 radical (unpaired) electrons. The van der Waals surface area contributed by atoms with Crippen LogP contribution in [0.4, 0.5) is 5.69 Å². The number of rotatable bonds is 6. The molecule has 33 heavy (non-hydrogen) atoms. The Morgan fingerprint density at radius 1 is 1.21 bits per heavy atom. The number of nitrogens with zero attached hydrogens (tertiary/aromatic N) is 3. The lowest BCUT2D eigenvalue weighted by Gasteiger charge is -2.30. The van der Waals surface area contributed by atoms with Crippen molar-refractivity contribution in [2.45, 2.75) is 45.6 Å². The van der Waals surface area contributed by atoms with E-state index in [1.807, 2.05) is 36.4 Å². The second kappa shape index (κ2) is 9.75. The molecule has 7 nitrogen and oxygen atoms in total. The first-order valence-electron chi connectivity index (χ1n) is 11.4. The smallest absolute Gasteiger partial charge is 0.241 e. The number of piperidine rings is 1. The molecule has 0 saturated carbocycles. The largest absolute Gasteiger partial charge is 0.497 e. The van der Waals surface area contributed by atoms with Crippen molar-refractivity contribution in [2.24, 2.45) is 5.92 Å². The lowest BCUT2D eigenvalue weighted by atomic mass is 9.87. The van der Waals surface area contributed by atoms with Gasteiger partial charge in [0.2, 0.25) is 17.6 Å². The van der Waals surface area contributed by atoms with Gasteiger partial charge >= 0.3 is 0 Å². The third-order valence-electron chi connectivity index (χ3n) is 6.05. The molecule has 7 heteroatoms. The van der Waals surface area contributed by atoms with Crippen molar-refractivity contribution in [3.05, 3.63) is 60.0 Å². The van der Waals surface area contributed by atoms with Gasteiger partial charge in [-0.3, -0.25) is 9.69 Å². The highest BCUT2D eigenvalue weighted by Crippen LogP contribution is 2.26. The Balaban J connectivity index is 1.36. The van der Waals surface area contributed by atoms with Gasteiger partial charge in [0, 0.05) is 23.9 Å². The van der Waals surface area contributed by atoms with Crippen molar-refractivity contribution in [3.8, 4) is 17.1 Å². The summed E-state index contributed by atoms with van der Waals surface area (Å²) in [5.41, 5.74) is 3.05. The van der Waals surface area contributed by atoms with Gasteiger partial charge in [0.1, 0.15) is 5.75 Å². The molecule has 1 saturated heterocycles. The molecule has 4 rings (SSSR count). The topological polar surface area (TPSA) is 80.5 Å². The average molecular weight is 449 g/mol. The summed E-state index contributed by atoms with van der Waals surface area (Å²) in [5, 5.41) is 7.18. The number of amides is 1. The number of likely N-dealkylation sites (tertiary alicyclic amines) is 1. The van der Waals surface area contributed by atoms with Gasteiger partial charge < -0.3 is 14.6 Å². The number of hydrogen-bond acceptors (Lipinski definition) is 6. The summed E-state index contributed by atoms with van der Waals surface area (Å²) < 4.78 is 10.8. The Morgan fingerprint density at radius 2 is 2.00 bits per heavy atom. The number of benzene rings is 2. The minimum absolute atomic E-state index is 0.0260. The van der Waals surface area contributed by atoms with Gasteiger partial charge in [0.05, 0.1) is 19.6 Å². The number of carbonyl (C=O) groups is 1. The molecule has 2 aromatic carbocycles. The maximum Gasteiger partial charge on any atom is 0.241 e. The number of hydrogen-bond donors (Lipinski definition) is 1. The van der Waals surface area contributed by atoms with Crippen molar-refractivity contribution >= 4 is 11.6 Å².